The SMILES string of the molecule is Cc1cc(NC(=O)c2cnn3ccc(NCc4ccccc4)nc23)n(C(C)(C)C)n1. The summed E-state index contributed by atoms with van der Waals surface area (Å²) in [7, 11) is 0. The number of carbonyl (C=O) groups excluding carboxylic acids is 1. The number of anilines is 2. The number of aryl methyl sites for hydroxylation is 1. The molecule has 8 heteroatoms. The van der Waals surface area contributed by atoms with E-state index in [0.717, 1.165) is 11.3 Å². The van der Waals surface area contributed by atoms with Crippen molar-refractivity contribution in [1.82, 2.24) is 24.4 Å². The predicted octanol–water partition coefficient (Wildman–Crippen LogP) is 3.85. The van der Waals surface area contributed by atoms with E-state index >= 15 is 0 Å². The Morgan fingerprint density at radius 2 is 1.90 bits per heavy atom. The second kappa shape index (κ2) is 7.62. The van der Waals surface area contributed by atoms with Crippen LogP contribution < -0.4 is 10.6 Å². The van der Waals surface area contributed by atoms with E-state index in [0.29, 0.717) is 29.4 Å². The molecule has 30 heavy (non-hydrogen) atoms. The van der Waals surface area contributed by atoms with Gasteiger partial charge in [-0.15, -0.1) is 0 Å². The van der Waals surface area contributed by atoms with Crippen LogP contribution in [-0.4, -0.2) is 30.3 Å². The summed E-state index contributed by atoms with van der Waals surface area (Å²) < 4.78 is 3.40. The van der Waals surface area contributed by atoms with Gasteiger partial charge in [-0.3, -0.25) is 4.79 Å². The van der Waals surface area contributed by atoms with Crippen molar-refractivity contribution in [2.45, 2.75) is 39.8 Å². The fraction of sp³-hybridized carbons (Fsp3) is 0.273. The number of nitrogens with zero attached hydrogens (tertiary/aromatic N) is 5. The molecule has 0 fully saturated rings. The monoisotopic (exact) mass is 403 g/mol. The lowest BCUT2D eigenvalue weighted by Crippen LogP contribution is -2.26. The molecular formula is C22H25N7O. The van der Waals surface area contributed by atoms with Gasteiger partial charge in [0, 0.05) is 18.8 Å². The lowest BCUT2D eigenvalue weighted by atomic mass is 10.1. The minimum absolute atomic E-state index is 0.259. The van der Waals surface area contributed by atoms with Crippen molar-refractivity contribution in [1.29, 1.82) is 0 Å². The van der Waals surface area contributed by atoms with Gasteiger partial charge in [0.2, 0.25) is 0 Å². The van der Waals surface area contributed by atoms with Crippen molar-refractivity contribution >= 4 is 23.2 Å². The molecule has 8 nitrogen and oxygen atoms in total. The van der Waals surface area contributed by atoms with Crippen molar-refractivity contribution in [3.63, 3.8) is 0 Å². The maximum Gasteiger partial charge on any atom is 0.262 e. The molecule has 0 radical (unpaired) electrons. The van der Waals surface area contributed by atoms with E-state index in [1.165, 1.54) is 6.20 Å². The summed E-state index contributed by atoms with van der Waals surface area (Å²) in [5.74, 6) is 1.04. The zero-order valence-corrected chi connectivity index (χ0v) is 17.5. The Morgan fingerprint density at radius 3 is 2.63 bits per heavy atom. The zero-order valence-electron chi connectivity index (χ0n) is 17.5. The smallest absolute Gasteiger partial charge is 0.262 e. The average molecular weight is 403 g/mol. The molecule has 154 valence electrons. The van der Waals surface area contributed by atoms with Crippen molar-refractivity contribution in [3.05, 3.63) is 71.7 Å². The van der Waals surface area contributed by atoms with Gasteiger partial charge in [-0.05, 0) is 39.3 Å². The van der Waals surface area contributed by atoms with Gasteiger partial charge in [0.15, 0.2) is 5.65 Å². The minimum Gasteiger partial charge on any atom is -0.366 e. The number of nitrogens with one attached hydrogen (secondary N) is 2. The van der Waals surface area contributed by atoms with Crippen LogP contribution in [0.15, 0.2) is 54.9 Å². The molecule has 0 aliphatic heterocycles. The number of rotatable bonds is 5. The first-order valence-corrected chi connectivity index (χ1v) is 9.82. The molecule has 0 aliphatic rings. The summed E-state index contributed by atoms with van der Waals surface area (Å²) in [4.78, 5) is 17.6. The molecule has 0 unspecified atom stereocenters. The topological polar surface area (TPSA) is 89.1 Å². The molecule has 0 aliphatic carbocycles. The number of amides is 1. The fourth-order valence-corrected chi connectivity index (χ4v) is 3.20. The van der Waals surface area contributed by atoms with E-state index in [2.05, 4.69) is 25.8 Å². The minimum atomic E-state index is -0.275. The average Bonchev–Trinajstić information content (AvgIpc) is 3.30. The molecule has 3 heterocycles. The van der Waals surface area contributed by atoms with Gasteiger partial charge < -0.3 is 10.6 Å². The zero-order chi connectivity index (χ0) is 21.3. The molecule has 4 aromatic rings. The number of carbonyl (C=O) groups is 1. The Hall–Kier alpha value is -3.68. The first kappa shape index (κ1) is 19.6. The summed E-state index contributed by atoms with van der Waals surface area (Å²) >= 11 is 0. The van der Waals surface area contributed by atoms with Gasteiger partial charge in [-0.25, -0.2) is 14.2 Å². The van der Waals surface area contributed by atoms with E-state index < -0.39 is 0 Å². The van der Waals surface area contributed by atoms with Crippen LogP contribution in [0.1, 0.15) is 42.4 Å². The maximum absolute atomic E-state index is 13.0. The highest BCUT2D eigenvalue weighted by atomic mass is 16.1. The fourth-order valence-electron chi connectivity index (χ4n) is 3.20. The largest absolute Gasteiger partial charge is 0.366 e. The Balaban J connectivity index is 1.58. The normalized spacial score (nSPS) is 11.6. The van der Waals surface area contributed by atoms with Gasteiger partial charge in [-0.1, -0.05) is 30.3 Å². The molecule has 0 saturated heterocycles. The van der Waals surface area contributed by atoms with Gasteiger partial charge in [0.1, 0.15) is 17.2 Å². The van der Waals surface area contributed by atoms with Crippen LogP contribution in [-0.2, 0) is 12.1 Å². The summed E-state index contributed by atoms with van der Waals surface area (Å²) in [5, 5.41) is 15.0. The molecule has 0 bridgehead atoms. The molecule has 1 amide bonds. The molecule has 0 atom stereocenters. The highest BCUT2D eigenvalue weighted by Crippen LogP contribution is 2.22. The first-order valence-electron chi connectivity index (χ1n) is 9.82. The summed E-state index contributed by atoms with van der Waals surface area (Å²) in [6.07, 6.45) is 3.32. The lowest BCUT2D eigenvalue weighted by molar-refractivity contribution is 0.102. The third-order valence-corrected chi connectivity index (χ3v) is 4.64. The van der Waals surface area contributed by atoms with Crippen molar-refractivity contribution in [2.75, 3.05) is 10.6 Å². The van der Waals surface area contributed by atoms with Crippen LogP contribution in [0, 0.1) is 6.92 Å². The van der Waals surface area contributed by atoms with Crippen LogP contribution >= 0.6 is 0 Å². The third-order valence-electron chi connectivity index (χ3n) is 4.64. The van der Waals surface area contributed by atoms with E-state index in [1.54, 1.807) is 10.7 Å². The molecule has 2 N–H and O–H groups in total. The summed E-state index contributed by atoms with van der Waals surface area (Å²) in [6, 6.07) is 13.8. The number of hydrogen-bond donors (Lipinski definition) is 2. The maximum atomic E-state index is 13.0. The van der Waals surface area contributed by atoms with Crippen molar-refractivity contribution in [3.8, 4) is 0 Å². The van der Waals surface area contributed by atoms with Gasteiger partial charge in [0.25, 0.3) is 5.91 Å². The highest BCUT2D eigenvalue weighted by Gasteiger charge is 2.22. The van der Waals surface area contributed by atoms with Gasteiger partial charge in [0.05, 0.1) is 17.4 Å². The second-order valence-corrected chi connectivity index (χ2v) is 8.19. The predicted molar refractivity (Wildman–Crippen MR) is 117 cm³/mol. The number of fused-ring (bicyclic) bond motifs is 1. The first-order chi connectivity index (χ1) is 14.3. The van der Waals surface area contributed by atoms with Crippen LogP contribution in [0.25, 0.3) is 5.65 Å². The molecule has 3 aromatic heterocycles. The molecule has 0 spiro atoms. The highest BCUT2D eigenvalue weighted by molar-refractivity contribution is 6.07. The summed E-state index contributed by atoms with van der Waals surface area (Å²) in [5.41, 5.74) is 2.62. The quantitative estimate of drug-likeness (QED) is 0.528. The van der Waals surface area contributed by atoms with E-state index in [1.807, 2.05) is 74.8 Å². The van der Waals surface area contributed by atoms with Crippen LogP contribution in [0.4, 0.5) is 11.6 Å². The number of hydrogen-bond acceptors (Lipinski definition) is 5. The lowest BCUT2D eigenvalue weighted by Gasteiger charge is -2.22. The molecule has 1 aromatic carbocycles. The van der Waals surface area contributed by atoms with E-state index in [-0.39, 0.29) is 11.4 Å². The number of aromatic nitrogens is 5. The van der Waals surface area contributed by atoms with E-state index in [4.69, 9.17) is 0 Å². The molecular weight excluding hydrogens is 378 g/mol. The molecule has 4 rings (SSSR count). The molecule has 0 saturated carbocycles. The summed E-state index contributed by atoms with van der Waals surface area (Å²) in [6.45, 7) is 8.66. The second-order valence-electron chi connectivity index (χ2n) is 8.19. The Morgan fingerprint density at radius 1 is 1.13 bits per heavy atom. The Bertz CT molecular complexity index is 1190. The third kappa shape index (κ3) is 4.03. The van der Waals surface area contributed by atoms with Crippen LogP contribution in [0.2, 0.25) is 0 Å². The standard InChI is InChI=1S/C22H25N7O/c1-15-12-19(29(27-15)22(2,3)4)26-21(30)17-14-24-28-11-10-18(25-20(17)28)23-13-16-8-6-5-7-9-16/h5-12,14H,13H2,1-4H3,(H,23,25)(H,26,30). The van der Waals surface area contributed by atoms with Crippen molar-refractivity contribution < 1.29 is 4.79 Å². The van der Waals surface area contributed by atoms with Gasteiger partial charge in [-0.2, -0.15) is 10.2 Å². The Kier molecular flexibility index (Phi) is 4.99. The van der Waals surface area contributed by atoms with Gasteiger partial charge >= 0.3 is 0 Å². The van der Waals surface area contributed by atoms with E-state index in [9.17, 15) is 4.79 Å². The Labute approximate surface area is 174 Å². The van der Waals surface area contributed by atoms with Crippen LogP contribution in [0.5, 0.6) is 0 Å². The van der Waals surface area contributed by atoms with Crippen LogP contribution in [0.3, 0.4) is 0 Å². The number of benzene rings is 1. The van der Waals surface area contributed by atoms with Crippen molar-refractivity contribution in [2.24, 2.45) is 0 Å².